The lowest BCUT2D eigenvalue weighted by Crippen LogP contribution is -2.62. The average molecular weight is 299 g/mol. The first kappa shape index (κ1) is 16.5. The number of ether oxygens (including phenoxy) is 2. The van der Waals surface area contributed by atoms with Gasteiger partial charge in [-0.15, -0.1) is 0 Å². The molecule has 0 aromatic heterocycles. The number of morpholine rings is 1. The highest BCUT2D eigenvalue weighted by molar-refractivity contribution is 5.69. The fourth-order valence-electron chi connectivity index (χ4n) is 2.73. The van der Waals surface area contributed by atoms with Crippen LogP contribution in [-0.4, -0.2) is 67.6 Å². The van der Waals surface area contributed by atoms with Crippen LogP contribution in [0, 0.1) is 0 Å². The van der Waals surface area contributed by atoms with Gasteiger partial charge in [0.25, 0.3) is 0 Å². The first-order valence-corrected chi connectivity index (χ1v) is 7.88. The lowest BCUT2D eigenvalue weighted by atomic mass is 10.0. The summed E-state index contributed by atoms with van der Waals surface area (Å²) in [7, 11) is 0. The molecule has 2 aliphatic heterocycles. The van der Waals surface area contributed by atoms with Gasteiger partial charge in [-0.25, -0.2) is 4.79 Å². The molecule has 0 bridgehead atoms. The molecular formula is C15H29N3O3. The Morgan fingerprint density at radius 2 is 2.19 bits per heavy atom. The molecule has 2 fully saturated rings. The highest BCUT2D eigenvalue weighted by Gasteiger charge is 2.34. The van der Waals surface area contributed by atoms with Gasteiger partial charge < -0.3 is 25.0 Å². The lowest BCUT2D eigenvalue weighted by molar-refractivity contribution is 0.00373. The second-order valence-corrected chi connectivity index (χ2v) is 7.11. The zero-order valence-electron chi connectivity index (χ0n) is 13.6. The molecule has 2 rings (SSSR count). The Labute approximate surface area is 127 Å². The molecule has 2 atom stereocenters. The minimum Gasteiger partial charge on any atom is -0.444 e. The molecule has 2 N–H and O–H groups in total. The van der Waals surface area contributed by atoms with E-state index in [4.69, 9.17) is 9.47 Å². The highest BCUT2D eigenvalue weighted by atomic mass is 16.6. The molecule has 21 heavy (non-hydrogen) atoms. The van der Waals surface area contributed by atoms with Crippen molar-refractivity contribution < 1.29 is 14.3 Å². The molecule has 0 aromatic rings. The van der Waals surface area contributed by atoms with Gasteiger partial charge in [0.1, 0.15) is 5.60 Å². The zero-order valence-corrected chi connectivity index (χ0v) is 13.6. The van der Waals surface area contributed by atoms with Crippen molar-refractivity contribution in [3.05, 3.63) is 0 Å². The molecule has 0 radical (unpaired) electrons. The van der Waals surface area contributed by atoms with E-state index in [9.17, 15) is 4.79 Å². The number of carbonyl (C=O) groups is 1. The van der Waals surface area contributed by atoms with Crippen LogP contribution in [0.15, 0.2) is 0 Å². The molecule has 0 spiro atoms. The maximum Gasteiger partial charge on any atom is 0.410 e. The summed E-state index contributed by atoms with van der Waals surface area (Å²) in [5.41, 5.74) is -0.421. The Balaban J connectivity index is 1.62. The molecule has 122 valence electrons. The van der Waals surface area contributed by atoms with Crippen LogP contribution in [0.2, 0.25) is 0 Å². The van der Waals surface area contributed by atoms with Gasteiger partial charge in [-0.05, 0) is 34.1 Å². The minimum absolute atomic E-state index is 0.212. The highest BCUT2D eigenvalue weighted by Crippen LogP contribution is 2.16. The molecule has 0 saturated carbocycles. The SMILES string of the molecule is CC(CC1COCCN1)NC1CN(C(=O)OC(C)(C)C)C1. The molecule has 2 unspecified atom stereocenters. The van der Waals surface area contributed by atoms with Crippen molar-refractivity contribution in [2.75, 3.05) is 32.8 Å². The largest absolute Gasteiger partial charge is 0.444 e. The van der Waals surface area contributed by atoms with Gasteiger partial charge in [-0.3, -0.25) is 0 Å². The van der Waals surface area contributed by atoms with E-state index >= 15 is 0 Å². The van der Waals surface area contributed by atoms with E-state index < -0.39 is 5.60 Å². The summed E-state index contributed by atoms with van der Waals surface area (Å²) < 4.78 is 10.8. The van der Waals surface area contributed by atoms with Gasteiger partial charge in [0.2, 0.25) is 0 Å². The number of amides is 1. The van der Waals surface area contributed by atoms with E-state index in [-0.39, 0.29) is 6.09 Å². The number of hydrogen-bond donors (Lipinski definition) is 2. The summed E-state index contributed by atoms with van der Waals surface area (Å²) >= 11 is 0. The van der Waals surface area contributed by atoms with Gasteiger partial charge in [0, 0.05) is 37.8 Å². The quantitative estimate of drug-likeness (QED) is 0.810. The van der Waals surface area contributed by atoms with Crippen LogP contribution < -0.4 is 10.6 Å². The van der Waals surface area contributed by atoms with Crippen molar-refractivity contribution in [2.24, 2.45) is 0 Å². The third kappa shape index (κ3) is 5.45. The summed E-state index contributed by atoms with van der Waals surface area (Å²) in [6.07, 6.45) is 0.832. The fraction of sp³-hybridized carbons (Fsp3) is 0.933. The van der Waals surface area contributed by atoms with Gasteiger partial charge in [0.05, 0.1) is 13.2 Å². The molecule has 2 saturated heterocycles. The van der Waals surface area contributed by atoms with E-state index in [0.29, 0.717) is 18.1 Å². The van der Waals surface area contributed by atoms with Gasteiger partial charge >= 0.3 is 6.09 Å². The second kappa shape index (κ2) is 6.94. The molecule has 0 aromatic carbocycles. The first-order chi connectivity index (χ1) is 9.83. The summed E-state index contributed by atoms with van der Waals surface area (Å²) in [6.45, 7) is 11.9. The minimum atomic E-state index is -0.421. The number of nitrogens with one attached hydrogen (secondary N) is 2. The molecule has 0 aliphatic carbocycles. The summed E-state index contributed by atoms with van der Waals surface area (Å²) in [5, 5.41) is 7.03. The standard InChI is InChI=1S/C15H29N3O3/c1-11(7-12-10-20-6-5-16-12)17-13-8-18(9-13)14(19)21-15(2,3)4/h11-13,16-17H,5-10H2,1-4H3. The van der Waals surface area contributed by atoms with Crippen LogP contribution in [0.1, 0.15) is 34.1 Å². The molecule has 2 aliphatic rings. The van der Waals surface area contributed by atoms with Gasteiger partial charge in [0.15, 0.2) is 0 Å². The predicted octanol–water partition coefficient (Wildman–Crippen LogP) is 0.962. The van der Waals surface area contributed by atoms with E-state index in [1.165, 1.54) is 0 Å². The Morgan fingerprint density at radius 3 is 2.76 bits per heavy atom. The summed E-state index contributed by atoms with van der Waals surface area (Å²) in [5.74, 6) is 0. The molecular weight excluding hydrogens is 270 g/mol. The van der Waals surface area contributed by atoms with Crippen LogP contribution in [0.3, 0.4) is 0 Å². The maximum atomic E-state index is 11.8. The van der Waals surface area contributed by atoms with Crippen LogP contribution in [0.25, 0.3) is 0 Å². The third-order valence-corrected chi connectivity index (χ3v) is 3.69. The number of rotatable bonds is 4. The Morgan fingerprint density at radius 1 is 1.48 bits per heavy atom. The number of hydrogen-bond acceptors (Lipinski definition) is 5. The molecule has 1 amide bonds. The smallest absolute Gasteiger partial charge is 0.410 e. The third-order valence-electron chi connectivity index (χ3n) is 3.69. The van der Waals surface area contributed by atoms with Gasteiger partial charge in [-0.1, -0.05) is 0 Å². The van der Waals surface area contributed by atoms with Crippen molar-refractivity contribution >= 4 is 6.09 Å². The van der Waals surface area contributed by atoms with Crippen molar-refractivity contribution in [1.82, 2.24) is 15.5 Å². The fourth-order valence-corrected chi connectivity index (χ4v) is 2.73. The topological polar surface area (TPSA) is 62.8 Å². The van der Waals surface area contributed by atoms with Crippen molar-refractivity contribution in [3.63, 3.8) is 0 Å². The van der Waals surface area contributed by atoms with Crippen molar-refractivity contribution in [1.29, 1.82) is 0 Å². The predicted molar refractivity (Wildman–Crippen MR) is 81.4 cm³/mol. The zero-order chi connectivity index (χ0) is 15.5. The normalized spacial score (nSPS) is 25.3. The molecule has 6 nitrogen and oxygen atoms in total. The van der Waals surface area contributed by atoms with E-state index in [1.807, 2.05) is 20.8 Å². The summed E-state index contributed by atoms with van der Waals surface area (Å²) in [6, 6.07) is 1.22. The van der Waals surface area contributed by atoms with Crippen LogP contribution in [0.5, 0.6) is 0 Å². The number of likely N-dealkylation sites (tertiary alicyclic amines) is 1. The number of nitrogens with zero attached hydrogens (tertiary/aromatic N) is 1. The summed E-state index contributed by atoms with van der Waals surface area (Å²) in [4.78, 5) is 13.6. The average Bonchev–Trinajstić information content (AvgIpc) is 2.32. The van der Waals surface area contributed by atoms with E-state index in [0.717, 1.165) is 39.3 Å². The second-order valence-electron chi connectivity index (χ2n) is 7.11. The van der Waals surface area contributed by atoms with Crippen LogP contribution in [0.4, 0.5) is 4.79 Å². The molecule has 2 heterocycles. The lowest BCUT2D eigenvalue weighted by Gasteiger charge is -2.41. The van der Waals surface area contributed by atoms with Crippen molar-refractivity contribution in [2.45, 2.75) is 57.8 Å². The monoisotopic (exact) mass is 299 g/mol. The molecule has 6 heteroatoms. The van der Waals surface area contributed by atoms with Gasteiger partial charge in [-0.2, -0.15) is 0 Å². The van der Waals surface area contributed by atoms with E-state index in [2.05, 4.69) is 17.6 Å². The number of carbonyl (C=O) groups excluding carboxylic acids is 1. The van der Waals surface area contributed by atoms with E-state index in [1.54, 1.807) is 4.90 Å². The maximum absolute atomic E-state index is 11.8. The van der Waals surface area contributed by atoms with Crippen molar-refractivity contribution in [3.8, 4) is 0 Å². The first-order valence-electron chi connectivity index (χ1n) is 7.88. The Kier molecular flexibility index (Phi) is 5.46. The van der Waals surface area contributed by atoms with Crippen LogP contribution in [-0.2, 0) is 9.47 Å². The Hall–Kier alpha value is -0.850. The van der Waals surface area contributed by atoms with Crippen LogP contribution >= 0.6 is 0 Å². The Bertz CT molecular complexity index is 345.